The average molecular weight is 470 g/mol. The van der Waals surface area contributed by atoms with Gasteiger partial charge in [-0.3, -0.25) is 0 Å². The maximum Gasteiger partial charge on any atom is -1.00 e. The van der Waals surface area contributed by atoms with Crippen LogP contribution in [-0.2, 0) is 20.4 Å². The molecule has 0 radical (unpaired) electrons. The van der Waals surface area contributed by atoms with Gasteiger partial charge in [-0.05, 0) is 0 Å². The second kappa shape index (κ2) is 11.6. The Labute approximate surface area is 200 Å². The Kier molecular flexibility index (Phi) is 11.4. The van der Waals surface area contributed by atoms with Gasteiger partial charge in [0.1, 0.15) is 0 Å². The molecule has 2 aromatic carbocycles. The number of allylic oxidation sites excluding steroid dienone is 4. The summed E-state index contributed by atoms with van der Waals surface area (Å²) in [6.07, 6.45) is 8.22. The van der Waals surface area contributed by atoms with E-state index in [-0.39, 0.29) is 40.9 Å². The van der Waals surface area contributed by atoms with Gasteiger partial charge in [-0.15, -0.1) is 0 Å². The summed E-state index contributed by atoms with van der Waals surface area (Å²) < 4.78 is 0.0248. The van der Waals surface area contributed by atoms with Gasteiger partial charge in [0.2, 0.25) is 0 Å². The van der Waals surface area contributed by atoms with Crippen LogP contribution in [0.4, 0.5) is 0 Å². The zero-order valence-electron chi connectivity index (χ0n) is 16.8. The third-order valence-electron chi connectivity index (χ3n) is 5.46. The van der Waals surface area contributed by atoms with Crippen LogP contribution in [0.5, 0.6) is 0 Å². The first-order chi connectivity index (χ1) is 12.0. The van der Waals surface area contributed by atoms with E-state index in [1.807, 2.05) is 0 Å². The van der Waals surface area contributed by atoms with Gasteiger partial charge in [-0.25, -0.2) is 0 Å². The molecule has 1 aliphatic rings. The Balaban J connectivity index is 0.00000243. The molecule has 0 spiro atoms. The summed E-state index contributed by atoms with van der Waals surface area (Å²) >= 11 is 2.42. The molecule has 0 fully saturated rings. The van der Waals surface area contributed by atoms with Gasteiger partial charge in [0.05, 0.1) is 0 Å². The van der Waals surface area contributed by atoms with Crippen molar-refractivity contribution in [1.29, 1.82) is 0 Å². The molecule has 0 amide bonds. The summed E-state index contributed by atoms with van der Waals surface area (Å²) in [5, 5.41) is 0. The van der Waals surface area contributed by atoms with Crippen LogP contribution in [0.3, 0.4) is 0 Å². The van der Waals surface area contributed by atoms with E-state index in [1.165, 1.54) is 28.7 Å². The van der Waals surface area contributed by atoms with Crippen molar-refractivity contribution in [1.82, 2.24) is 0 Å². The Bertz CT molecular complexity index is 783. The van der Waals surface area contributed by atoms with E-state index in [1.54, 1.807) is 5.57 Å². The minimum absolute atomic E-state index is 0. The van der Waals surface area contributed by atoms with Crippen molar-refractivity contribution >= 4 is 0 Å². The minimum Gasteiger partial charge on any atom is -1.00 e. The van der Waals surface area contributed by atoms with Crippen LogP contribution in [0, 0.1) is 19.8 Å². The van der Waals surface area contributed by atoms with E-state index in [4.69, 9.17) is 0 Å². The number of hydrogen-bond acceptors (Lipinski definition) is 0. The van der Waals surface area contributed by atoms with Gasteiger partial charge in [0.25, 0.3) is 0 Å². The molecule has 0 saturated heterocycles. The molecule has 0 heterocycles. The molecule has 28 heavy (non-hydrogen) atoms. The predicted octanol–water partition coefficient (Wildman–Crippen LogP) is -2.30. The van der Waals surface area contributed by atoms with Crippen LogP contribution < -0.4 is 37.2 Å². The Hall–Kier alpha value is -0.496. The Morgan fingerprint density at radius 3 is 1.82 bits per heavy atom. The van der Waals surface area contributed by atoms with Gasteiger partial charge in [0, 0.05) is 0 Å². The van der Waals surface area contributed by atoms with Crippen LogP contribution in [0.25, 0.3) is 0 Å². The van der Waals surface area contributed by atoms with E-state index in [2.05, 4.69) is 115 Å². The molecule has 1 aliphatic carbocycles. The summed E-state index contributed by atoms with van der Waals surface area (Å²) in [5.74, 6) is 0.934. The van der Waals surface area contributed by atoms with Gasteiger partial charge in [-0.1, -0.05) is 0 Å². The van der Waals surface area contributed by atoms with E-state index < -0.39 is 0 Å². The van der Waals surface area contributed by atoms with Gasteiger partial charge in [-0.2, -0.15) is 0 Å². The number of benzene rings is 2. The molecule has 0 nitrogen and oxygen atoms in total. The fourth-order valence-corrected chi connectivity index (χ4v) is 5.20. The van der Waals surface area contributed by atoms with Crippen LogP contribution in [0.1, 0.15) is 48.4 Å². The van der Waals surface area contributed by atoms with E-state index >= 15 is 0 Å². The molecule has 148 valence electrons. The van der Waals surface area contributed by atoms with Gasteiger partial charge in [0.15, 0.2) is 0 Å². The third-order valence-corrected chi connectivity index (χ3v) is 6.62. The standard InChI is InChI=1S/C24H27.3ClH.Ti/c1-5-19(4)22-13-8-14-23(22)24(20-11-6-9-17(2)15-20)21-12-7-10-18(3)16-21;;;;/h6-16,19,24H,5H2,1-4H3;3*1H;/q;;;;+3/p-3. The molecular weight excluding hydrogens is 442 g/mol. The first-order valence-electron chi connectivity index (χ1n) is 9.23. The zero-order chi connectivity index (χ0) is 18.0. The van der Waals surface area contributed by atoms with E-state index in [0.29, 0.717) is 11.8 Å². The maximum atomic E-state index is 2.42. The Morgan fingerprint density at radius 2 is 1.39 bits per heavy atom. The summed E-state index contributed by atoms with van der Waals surface area (Å²) in [6, 6.07) is 18.1. The zero-order valence-corrected chi connectivity index (χ0v) is 20.7. The molecule has 2 atom stereocenters. The summed E-state index contributed by atoms with van der Waals surface area (Å²) in [4.78, 5) is 0. The van der Waals surface area contributed by atoms with Gasteiger partial charge >= 0.3 is 165 Å². The van der Waals surface area contributed by atoms with Crippen molar-refractivity contribution in [3.8, 4) is 0 Å². The van der Waals surface area contributed by atoms with Crippen molar-refractivity contribution in [3.63, 3.8) is 0 Å². The molecule has 4 heteroatoms. The largest absolute Gasteiger partial charge is 1.00 e. The molecule has 0 aromatic heterocycles. The molecule has 2 aromatic rings. The van der Waals surface area contributed by atoms with Crippen molar-refractivity contribution < 1.29 is 57.7 Å². The average Bonchev–Trinajstić information content (AvgIpc) is 2.96. The molecule has 0 bridgehead atoms. The number of aryl methyl sites for hydroxylation is 2. The smallest absolute Gasteiger partial charge is 1.00 e. The normalized spacial score (nSPS) is 18.6. The predicted molar refractivity (Wildman–Crippen MR) is 104 cm³/mol. The quantitative estimate of drug-likeness (QED) is 0.432. The van der Waals surface area contributed by atoms with Gasteiger partial charge < -0.3 is 37.2 Å². The second-order valence-corrected chi connectivity index (χ2v) is 8.71. The van der Waals surface area contributed by atoms with E-state index in [0.717, 1.165) is 0 Å². The number of rotatable bonds is 5. The summed E-state index contributed by atoms with van der Waals surface area (Å²) in [6.45, 7) is 9.03. The van der Waals surface area contributed by atoms with Crippen LogP contribution in [0.2, 0.25) is 3.72 Å². The Morgan fingerprint density at radius 1 is 0.893 bits per heavy atom. The molecule has 0 saturated carbocycles. The first kappa shape index (κ1) is 27.5. The monoisotopic (exact) mass is 468 g/mol. The SMILES string of the molecule is CCC(C)C1=CC=C[C]1([Ti+3])C(c1cccc(C)c1)c1cccc(C)c1.[Cl-].[Cl-].[Cl-]. The third kappa shape index (κ3) is 5.56. The van der Waals surface area contributed by atoms with Crippen molar-refractivity contribution in [3.05, 3.63) is 94.6 Å². The summed E-state index contributed by atoms with van der Waals surface area (Å²) in [5.41, 5.74) is 7.04. The molecule has 2 unspecified atom stereocenters. The molecule has 0 N–H and O–H groups in total. The molecule has 3 rings (SSSR count). The number of hydrogen-bond donors (Lipinski definition) is 0. The van der Waals surface area contributed by atoms with Crippen molar-refractivity contribution in [2.45, 2.75) is 43.8 Å². The number of halogens is 3. The fourth-order valence-electron chi connectivity index (χ4n) is 4.01. The fraction of sp³-hybridized carbons (Fsp3) is 0.333. The van der Waals surface area contributed by atoms with Crippen molar-refractivity contribution in [2.24, 2.45) is 5.92 Å². The molecular formula is C24H27Cl3Ti. The van der Waals surface area contributed by atoms with Crippen molar-refractivity contribution in [2.75, 3.05) is 0 Å². The second-order valence-electron chi connectivity index (χ2n) is 7.42. The van der Waals surface area contributed by atoms with Crippen LogP contribution in [-0.4, -0.2) is 0 Å². The topological polar surface area (TPSA) is 0 Å². The first-order valence-corrected chi connectivity index (χ1v) is 10.0. The van der Waals surface area contributed by atoms with Crippen LogP contribution in [0.15, 0.2) is 72.3 Å². The summed E-state index contributed by atoms with van der Waals surface area (Å²) in [7, 11) is 0. The van der Waals surface area contributed by atoms with E-state index in [9.17, 15) is 0 Å². The maximum absolute atomic E-state index is 2.42. The molecule has 0 aliphatic heterocycles. The van der Waals surface area contributed by atoms with Crippen LogP contribution >= 0.6 is 0 Å². The minimum atomic E-state index is 0.